The summed E-state index contributed by atoms with van der Waals surface area (Å²) in [6, 6.07) is 8.19. The summed E-state index contributed by atoms with van der Waals surface area (Å²) in [5.41, 5.74) is 2.19. The first kappa shape index (κ1) is 19.7. The molecule has 25 heavy (non-hydrogen) atoms. The van der Waals surface area contributed by atoms with Crippen LogP contribution in [0.3, 0.4) is 0 Å². The summed E-state index contributed by atoms with van der Waals surface area (Å²) in [6.07, 6.45) is -0.755. The zero-order valence-electron chi connectivity index (χ0n) is 13.9. The fourth-order valence-electron chi connectivity index (χ4n) is 3.12. The van der Waals surface area contributed by atoms with Crippen LogP contribution < -0.4 is 5.32 Å². The molecule has 136 valence electrons. The van der Waals surface area contributed by atoms with E-state index in [1.165, 1.54) is 17.7 Å². The van der Waals surface area contributed by atoms with Gasteiger partial charge >= 0.3 is 6.18 Å². The van der Waals surface area contributed by atoms with Crippen molar-refractivity contribution in [2.24, 2.45) is 0 Å². The zero-order valence-corrected chi connectivity index (χ0v) is 14.7. The first-order valence-corrected chi connectivity index (χ1v) is 7.96. The molecule has 1 unspecified atom stereocenters. The number of alkyl halides is 3. The number of hydrogen-bond acceptors (Lipinski definition) is 3. The molecular weight excluding hydrogens is 351 g/mol. The van der Waals surface area contributed by atoms with Crippen LogP contribution in [0.15, 0.2) is 42.7 Å². The van der Waals surface area contributed by atoms with Crippen molar-refractivity contribution in [3.05, 3.63) is 65.0 Å². The molecule has 0 radical (unpaired) electrons. The van der Waals surface area contributed by atoms with E-state index in [0.29, 0.717) is 12.1 Å². The average molecular weight is 372 g/mol. The van der Waals surface area contributed by atoms with Crippen molar-refractivity contribution in [2.75, 3.05) is 19.6 Å². The lowest BCUT2D eigenvalue weighted by Gasteiger charge is -2.36. The summed E-state index contributed by atoms with van der Waals surface area (Å²) < 4.78 is 38.5. The molecule has 3 rings (SSSR count). The fourth-order valence-corrected chi connectivity index (χ4v) is 3.12. The van der Waals surface area contributed by atoms with Gasteiger partial charge in [0, 0.05) is 44.6 Å². The third kappa shape index (κ3) is 4.71. The lowest BCUT2D eigenvalue weighted by atomic mass is 10.0. The second kappa shape index (κ2) is 8.17. The molecule has 0 amide bonds. The monoisotopic (exact) mass is 371 g/mol. The van der Waals surface area contributed by atoms with Crippen molar-refractivity contribution in [2.45, 2.75) is 25.7 Å². The van der Waals surface area contributed by atoms with Crippen LogP contribution in [0.1, 0.15) is 28.3 Å². The van der Waals surface area contributed by atoms with Gasteiger partial charge in [-0.05, 0) is 47.9 Å². The quantitative estimate of drug-likeness (QED) is 0.884. The number of hydrogen-bond donors (Lipinski definition) is 1. The summed E-state index contributed by atoms with van der Waals surface area (Å²) in [5, 5.41) is 3.38. The van der Waals surface area contributed by atoms with Crippen molar-refractivity contribution < 1.29 is 13.2 Å². The van der Waals surface area contributed by atoms with E-state index in [9.17, 15) is 13.2 Å². The maximum atomic E-state index is 12.8. The molecule has 2 aromatic rings. The predicted octanol–water partition coefficient (Wildman–Crippen LogP) is 3.98. The second-order valence-corrected chi connectivity index (χ2v) is 6.11. The number of aryl methyl sites for hydroxylation is 1. The maximum absolute atomic E-state index is 12.8. The topological polar surface area (TPSA) is 28.2 Å². The van der Waals surface area contributed by atoms with Crippen LogP contribution in [0.5, 0.6) is 0 Å². The van der Waals surface area contributed by atoms with Crippen LogP contribution in [-0.4, -0.2) is 29.5 Å². The number of aromatic nitrogens is 1. The molecular formula is C18H21ClF3N3. The average Bonchev–Trinajstić information content (AvgIpc) is 2.57. The molecule has 7 heteroatoms. The van der Waals surface area contributed by atoms with Crippen LogP contribution in [0, 0.1) is 6.92 Å². The lowest BCUT2D eigenvalue weighted by molar-refractivity contribution is -0.137. The Morgan fingerprint density at radius 1 is 1.20 bits per heavy atom. The second-order valence-electron chi connectivity index (χ2n) is 6.11. The van der Waals surface area contributed by atoms with Gasteiger partial charge in [-0.15, -0.1) is 12.4 Å². The summed E-state index contributed by atoms with van der Waals surface area (Å²) in [6.45, 7) is 4.94. The van der Waals surface area contributed by atoms with Gasteiger partial charge in [0.05, 0.1) is 5.56 Å². The Hall–Kier alpha value is -1.63. The Labute approximate surface area is 151 Å². The van der Waals surface area contributed by atoms with Gasteiger partial charge in [-0.3, -0.25) is 9.88 Å². The highest BCUT2D eigenvalue weighted by Gasteiger charge is 2.31. The number of benzene rings is 1. The first-order chi connectivity index (χ1) is 11.4. The molecule has 1 aliphatic rings. The summed E-state index contributed by atoms with van der Waals surface area (Å²) in [4.78, 5) is 6.36. The molecule has 1 aromatic heterocycles. The van der Waals surface area contributed by atoms with Crippen LogP contribution in [0.25, 0.3) is 0 Å². The maximum Gasteiger partial charge on any atom is 0.416 e. The Balaban J connectivity index is 0.00000225. The number of piperazine rings is 1. The van der Waals surface area contributed by atoms with E-state index in [2.05, 4.69) is 15.2 Å². The minimum Gasteiger partial charge on any atom is -0.314 e. The van der Waals surface area contributed by atoms with Crippen LogP contribution in [0.4, 0.5) is 13.2 Å². The minimum absolute atomic E-state index is 0. The third-order valence-corrected chi connectivity index (χ3v) is 4.49. The molecule has 1 fully saturated rings. The SMILES string of the molecule is Cc1cc(C(F)(F)F)ccc1CN1CCNCC1c1ccncc1.Cl. The van der Waals surface area contributed by atoms with Crippen LogP contribution in [0.2, 0.25) is 0 Å². The third-order valence-electron chi connectivity index (χ3n) is 4.49. The van der Waals surface area contributed by atoms with Crippen LogP contribution >= 0.6 is 12.4 Å². The van der Waals surface area contributed by atoms with E-state index in [1.807, 2.05) is 12.1 Å². The zero-order chi connectivity index (χ0) is 17.2. The number of halogens is 4. The molecule has 0 aliphatic carbocycles. The van der Waals surface area contributed by atoms with E-state index in [4.69, 9.17) is 0 Å². The number of pyridine rings is 1. The highest BCUT2D eigenvalue weighted by molar-refractivity contribution is 5.85. The molecule has 1 aromatic carbocycles. The predicted molar refractivity (Wildman–Crippen MR) is 93.7 cm³/mol. The molecule has 1 atom stereocenters. The van der Waals surface area contributed by atoms with Crippen molar-refractivity contribution in [1.29, 1.82) is 0 Å². The van der Waals surface area contributed by atoms with Crippen molar-refractivity contribution in [3.63, 3.8) is 0 Å². The molecule has 3 nitrogen and oxygen atoms in total. The molecule has 0 spiro atoms. The molecule has 1 saturated heterocycles. The Bertz CT molecular complexity index is 692. The molecule has 0 saturated carbocycles. The smallest absolute Gasteiger partial charge is 0.314 e. The van der Waals surface area contributed by atoms with E-state index in [0.717, 1.165) is 25.2 Å². The van der Waals surface area contributed by atoms with E-state index in [-0.39, 0.29) is 18.4 Å². The normalized spacial score (nSPS) is 18.6. The van der Waals surface area contributed by atoms with Gasteiger partial charge in [0.25, 0.3) is 0 Å². The summed E-state index contributed by atoms with van der Waals surface area (Å²) in [7, 11) is 0. The summed E-state index contributed by atoms with van der Waals surface area (Å²) in [5.74, 6) is 0. The standard InChI is InChI=1S/C18H20F3N3.ClH/c1-13-10-16(18(19,20)21)3-2-15(13)12-24-9-8-23-11-17(24)14-4-6-22-7-5-14;/h2-7,10,17,23H,8-9,11-12H2,1H3;1H. The van der Waals surface area contributed by atoms with Gasteiger partial charge in [0.2, 0.25) is 0 Å². The van der Waals surface area contributed by atoms with Gasteiger partial charge in [-0.25, -0.2) is 0 Å². The Morgan fingerprint density at radius 3 is 2.56 bits per heavy atom. The van der Waals surface area contributed by atoms with Crippen LogP contribution in [-0.2, 0) is 12.7 Å². The molecule has 0 bridgehead atoms. The Morgan fingerprint density at radius 2 is 1.92 bits per heavy atom. The highest BCUT2D eigenvalue weighted by atomic mass is 35.5. The van der Waals surface area contributed by atoms with E-state index >= 15 is 0 Å². The van der Waals surface area contributed by atoms with Gasteiger partial charge in [0.1, 0.15) is 0 Å². The van der Waals surface area contributed by atoms with Crippen molar-refractivity contribution >= 4 is 12.4 Å². The lowest BCUT2D eigenvalue weighted by Crippen LogP contribution is -2.45. The fraction of sp³-hybridized carbons (Fsp3) is 0.389. The number of nitrogens with zero attached hydrogens (tertiary/aromatic N) is 2. The highest BCUT2D eigenvalue weighted by Crippen LogP contribution is 2.31. The molecule has 1 aliphatic heterocycles. The summed E-state index contributed by atoms with van der Waals surface area (Å²) >= 11 is 0. The van der Waals surface area contributed by atoms with E-state index in [1.54, 1.807) is 25.4 Å². The first-order valence-electron chi connectivity index (χ1n) is 7.96. The Kier molecular flexibility index (Phi) is 6.43. The molecule has 1 N–H and O–H groups in total. The number of nitrogens with one attached hydrogen (secondary N) is 1. The largest absolute Gasteiger partial charge is 0.416 e. The van der Waals surface area contributed by atoms with Gasteiger partial charge < -0.3 is 5.32 Å². The van der Waals surface area contributed by atoms with Crippen molar-refractivity contribution in [1.82, 2.24) is 15.2 Å². The molecule has 2 heterocycles. The van der Waals surface area contributed by atoms with Gasteiger partial charge in [0.15, 0.2) is 0 Å². The van der Waals surface area contributed by atoms with E-state index < -0.39 is 11.7 Å². The minimum atomic E-state index is -4.29. The van der Waals surface area contributed by atoms with Gasteiger partial charge in [-0.2, -0.15) is 13.2 Å². The number of rotatable bonds is 3. The van der Waals surface area contributed by atoms with Crippen molar-refractivity contribution in [3.8, 4) is 0 Å². The van der Waals surface area contributed by atoms with Gasteiger partial charge in [-0.1, -0.05) is 6.07 Å².